The smallest absolute Gasteiger partial charge is 0.265 e. The number of amides is 7. The normalized spacial score (nSPS) is 14.6. The molecule has 0 fully saturated rings. The third-order valence-corrected chi connectivity index (χ3v) is 13.5. The number of halogens is 2. The van der Waals surface area contributed by atoms with Gasteiger partial charge in [0.1, 0.15) is 23.5 Å². The maximum absolute atomic E-state index is 15.0. The maximum Gasteiger partial charge on any atom is 0.265 e. The third kappa shape index (κ3) is 12.1. The van der Waals surface area contributed by atoms with E-state index < -0.39 is 60.1 Å². The van der Waals surface area contributed by atoms with E-state index >= 15 is 4.39 Å². The molecule has 6 rings (SSSR count). The summed E-state index contributed by atoms with van der Waals surface area (Å²) in [6, 6.07) is 5.29. The SMILES string of the molecule is CCN(CC)CCNC(=O)c1c(C)[nH]c(/C=C2\C(=O)N(C(=O)CCC(NC(=O)CCC(C)=O)C(=O)N3C(=O)/C(=C\c4[nH]c(C)c(C(=O)NCCN(CC)CC)c4C)c4cc(F)ccc43)c3ccc(F)cc32)c1C. The van der Waals surface area contributed by atoms with Gasteiger partial charge in [-0.3, -0.25) is 33.6 Å². The number of aromatic amines is 2. The number of ketones is 1. The summed E-state index contributed by atoms with van der Waals surface area (Å²) < 4.78 is 29.9. The second kappa shape index (κ2) is 23.9. The van der Waals surface area contributed by atoms with Crippen LogP contribution in [0.1, 0.15) is 126 Å². The number of hydrogen-bond acceptors (Lipinski definition) is 10. The summed E-state index contributed by atoms with van der Waals surface area (Å²) in [6.45, 7) is 21.6. The van der Waals surface area contributed by atoms with Gasteiger partial charge in [-0.1, -0.05) is 27.7 Å². The van der Waals surface area contributed by atoms with Crippen molar-refractivity contribution in [3.63, 3.8) is 0 Å². The summed E-state index contributed by atoms with van der Waals surface area (Å²) in [4.78, 5) is 122. The molecule has 0 radical (unpaired) electrons. The molecule has 0 saturated carbocycles. The van der Waals surface area contributed by atoms with Crippen molar-refractivity contribution in [2.75, 3.05) is 62.2 Å². The van der Waals surface area contributed by atoms with E-state index in [4.69, 9.17) is 0 Å². The molecule has 2 aromatic heterocycles. The summed E-state index contributed by atoms with van der Waals surface area (Å²) in [7, 11) is 0. The molecule has 7 amide bonds. The number of aryl methyl sites for hydroxylation is 2. The van der Waals surface area contributed by atoms with Gasteiger partial charge < -0.3 is 40.5 Å². The lowest BCUT2D eigenvalue weighted by Gasteiger charge is -2.24. The Morgan fingerprint density at radius 1 is 0.644 bits per heavy atom. The largest absolute Gasteiger partial charge is 0.358 e. The fraction of sp³-hybridized carbons (Fsp3) is 0.407. The minimum Gasteiger partial charge on any atom is -0.358 e. The predicted molar refractivity (Wildman–Crippen MR) is 275 cm³/mol. The molecule has 73 heavy (non-hydrogen) atoms. The number of likely N-dealkylation sites (N-methyl/N-ethyl adjacent to an activating group) is 2. The van der Waals surface area contributed by atoms with Crippen molar-refractivity contribution in [2.24, 2.45) is 0 Å². The molecule has 0 bridgehead atoms. The van der Waals surface area contributed by atoms with Crippen LogP contribution in [0.5, 0.6) is 0 Å². The van der Waals surface area contributed by atoms with Gasteiger partial charge in [-0.25, -0.2) is 18.6 Å². The Morgan fingerprint density at radius 3 is 1.52 bits per heavy atom. The Bertz CT molecular complexity index is 2910. The number of Topliss-reactive ketones (excluding diaryl/α,β-unsaturated/α-hetero) is 1. The van der Waals surface area contributed by atoms with Crippen LogP contribution in [0.25, 0.3) is 23.3 Å². The highest BCUT2D eigenvalue weighted by Crippen LogP contribution is 2.41. The van der Waals surface area contributed by atoms with Crippen molar-refractivity contribution in [1.82, 2.24) is 35.7 Å². The average Bonchev–Trinajstić information content (AvgIpc) is 4.00. The summed E-state index contributed by atoms with van der Waals surface area (Å²) >= 11 is 0. The lowest BCUT2D eigenvalue weighted by atomic mass is 10.0. The molecule has 4 aromatic rings. The van der Waals surface area contributed by atoms with Gasteiger partial charge in [0.15, 0.2) is 0 Å². The highest BCUT2D eigenvalue weighted by molar-refractivity contribution is 6.43. The topological polar surface area (TPSA) is 217 Å². The van der Waals surface area contributed by atoms with Gasteiger partial charge in [0.25, 0.3) is 29.5 Å². The third-order valence-electron chi connectivity index (χ3n) is 13.5. The maximum atomic E-state index is 15.0. The number of nitrogens with zero attached hydrogens (tertiary/aromatic N) is 4. The lowest BCUT2D eigenvalue weighted by Crippen LogP contribution is -2.50. The van der Waals surface area contributed by atoms with Crippen molar-refractivity contribution >= 4 is 81.8 Å². The first kappa shape index (κ1) is 54.9. The number of H-pyrrole nitrogens is 2. The van der Waals surface area contributed by atoms with Crippen LogP contribution in [0.15, 0.2) is 36.4 Å². The zero-order chi connectivity index (χ0) is 53.4. The molecule has 19 heteroatoms. The number of carbonyl (C=O) groups is 8. The van der Waals surface area contributed by atoms with E-state index in [2.05, 4.69) is 35.7 Å². The fourth-order valence-corrected chi connectivity index (χ4v) is 9.34. The number of nitrogens with one attached hydrogen (secondary N) is 5. The standard InChI is InChI=1S/C54H65F2N9O8/c1-10-62(11-2)24-22-57-50(69)48-31(6)42(59-33(48)8)28-39-37-26-35(55)15-18-44(37)64(52(39)71)47(68)21-17-41(61-46(67)20-14-30(5)66)54(73)65-45-19-16-36(56)27-38(45)40(53(65)72)29-43-32(7)49(34(9)60-43)51(70)58-23-25-63(12-3)13-4/h15-16,18-19,26-29,41,59-60H,10-14,17,20-25H2,1-9H3,(H,57,69)(H,58,70)(H,61,67)/b39-28-,40-29-. The second-order valence-corrected chi connectivity index (χ2v) is 18.2. The molecule has 4 heterocycles. The molecule has 0 aliphatic carbocycles. The van der Waals surface area contributed by atoms with E-state index in [0.29, 0.717) is 71.2 Å². The number of rotatable bonds is 22. The molecule has 5 N–H and O–H groups in total. The first-order chi connectivity index (χ1) is 34.7. The fourth-order valence-electron chi connectivity index (χ4n) is 9.34. The lowest BCUT2D eigenvalue weighted by molar-refractivity contribution is -0.130. The Morgan fingerprint density at radius 2 is 1.08 bits per heavy atom. The summed E-state index contributed by atoms with van der Waals surface area (Å²) in [5.74, 6) is -6.59. The Balaban J connectivity index is 1.28. The minimum atomic E-state index is -1.59. The Kier molecular flexibility index (Phi) is 18.0. The van der Waals surface area contributed by atoms with Crippen LogP contribution in [0.3, 0.4) is 0 Å². The predicted octanol–water partition coefficient (Wildman–Crippen LogP) is 6.16. The molecule has 2 aliphatic heterocycles. The monoisotopic (exact) mass is 1010 g/mol. The highest BCUT2D eigenvalue weighted by atomic mass is 19.1. The molecule has 388 valence electrons. The molecule has 0 spiro atoms. The Labute approximate surface area is 423 Å². The molecule has 2 aromatic carbocycles. The summed E-state index contributed by atoms with van der Waals surface area (Å²) in [5, 5.41) is 8.46. The van der Waals surface area contributed by atoms with Gasteiger partial charge in [-0.2, -0.15) is 0 Å². The molecule has 1 atom stereocenters. The summed E-state index contributed by atoms with van der Waals surface area (Å²) in [6.07, 6.45) is 1.39. The van der Waals surface area contributed by atoms with Crippen LogP contribution >= 0.6 is 0 Å². The van der Waals surface area contributed by atoms with E-state index in [1.165, 1.54) is 31.2 Å². The number of benzene rings is 2. The van der Waals surface area contributed by atoms with Gasteiger partial charge in [0, 0.05) is 79.3 Å². The van der Waals surface area contributed by atoms with Crippen LogP contribution in [-0.4, -0.2) is 125 Å². The Hall–Kier alpha value is -7.38. The van der Waals surface area contributed by atoms with Crippen LogP contribution in [0.4, 0.5) is 20.2 Å². The van der Waals surface area contributed by atoms with Crippen molar-refractivity contribution in [2.45, 2.75) is 94.0 Å². The molecule has 17 nitrogen and oxygen atoms in total. The van der Waals surface area contributed by atoms with E-state index in [1.807, 2.05) is 27.7 Å². The van der Waals surface area contributed by atoms with E-state index in [-0.39, 0.29) is 64.1 Å². The van der Waals surface area contributed by atoms with Crippen LogP contribution < -0.4 is 25.8 Å². The zero-order valence-electron chi connectivity index (χ0n) is 43.0. The average molecular weight is 1010 g/mol. The zero-order valence-corrected chi connectivity index (χ0v) is 43.0. The number of imide groups is 2. The van der Waals surface area contributed by atoms with Gasteiger partial charge >= 0.3 is 0 Å². The minimum absolute atomic E-state index is 0.0113. The molecular formula is C54H65F2N9O8. The van der Waals surface area contributed by atoms with Gasteiger partial charge in [0.2, 0.25) is 11.8 Å². The second-order valence-electron chi connectivity index (χ2n) is 18.2. The van der Waals surface area contributed by atoms with Crippen LogP contribution in [0, 0.1) is 39.3 Å². The van der Waals surface area contributed by atoms with Gasteiger partial charge in [-0.05, 0) is 127 Å². The number of anilines is 2. The molecule has 2 aliphatic rings. The van der Waals surface area contributed by atoms with Gasteiger partial charge in [0.05, 0.1) is 33.6 Å². The van der Waals surface area contributed by atoms with Crippen molar-refractivity contribution in [3.8, 4) is 0 Å². The first-order valence-electron chi connectivity index (χ1n) is 24.7. The van der Waals surface area contributed by atoms with Crippen LogP contribution in [-0.2, 0) is 28.8 Å². The van der Waals surface area contributed by atoms with E-state index in [1.54, 1.807) is 27.7 Å². The first-order valence-corrected chi connectivity index (χ1v) is 24.7. The molecule has 1 unspecified atom stereocenters. The highest BCUT2D eigenvalue weighted by Gasteiger charge is 2.42. The van der Waals surface area contributed by atoms with Crippen molar-refractivity contribution in [3.05, 3.63) is 104 Å². The molecular weight excluding hydrogens is 941 g/mol. The molecule has 0 saturated heterocycles. The van der Waals surface area contributed by atoms with Crippen molar-refractivity contribution < 1.29 is 47.1 Å². The van der Waals surface area contributed by atoms with Crippen LogP contribution in [0.2, 0.25) is 0 Å². The summed E-state index contributed by atoms with van der Waals surface area (Å²) in [5.41, 5.74) is 3.59. The number of aromatic nitrogens is 2. The van der Waals surface area contributed by atoms with Gasteiger partial charge in [-0.15, -0.1) is 0 Å². The number of fused-ring (bicyclic) bond motifs is 2. The van der Waals surface area contributed by atoms with Crippen molar-refractivity contribution in [1.29, 1.82) is 0 Å². The number of carbonyl (C=O) groups excluding carboxylic acids is 8. The van der Waals surface area contributed by atoms with E-state index in [0.717, 1.165) is 60.2 Å². The van der Waals surface area contributed by atoms with E-state index in [9.17, 15) is 42.7 Å². The quantitative estimate of drug-likeness (QED) is 0.0565. The number of hydrogen-bond donors (Lipinski definition) is 5.